The fraction of sp³-hybridized carbons (Fsp3) is 0.417. The highest BCUT2D eigenvalue weighted by Gasteiger charge is 2.06. The van der Waals surface area contributed by atoms with Crippen LogP contribution in [0.4, 0.5) is 0 Å². The van der Waals surface area contributed by atoms with Crippen molar-refractivity contribution < 1.29 is 20.4 Å². The Morgan fingerprint density at radius 3 is 1.37 bits per heavy atom. The summed E-state index contributed by atoms with van der Waals surface area (Å²) in [6.45, 7) is 5.09. The van der Waals surface area contributed by atoms with E-state index in [9.17, 15) is 20.4 Å². The average Bonchev–Trinajstić information content (AvgIpc) is 2.72. The van der Waals surface area contributed by atoms with Crippen LogP contribution in [0, 0.1) is 0 Å². The molecule has 0 radical (unpaired) electrons. The number of hydrogen-bond acceptors (Lipinski definition) is 6. The van der Waals surface area contributed by atoms with E-state index in [2.05, 4.69) is 9.98 Å². The van der Waals surface area contributed by atoms with Crippen molar-refractivity contribution >= 4 is 11.4 Å². The summed E-state index contributed by atoms with van der Waals surface area (Å²) < 4.78 is 0. The summed E-state index contributed by atoms with van der Waals surface area (Å²) in [5, 5.41) is 38.8. The molecule has 4 N–H and O–H groups in total. The van der Waals surface area contributed by atoms with Crippen LogP contribution in [0.25, 0.3) is 0 Å². The molecule has 162 valence electrons. The predicted molar refractivity (Wildman–Crippen MR) is 121 cm³/mol. The first-order valence-electron chi connectivity index (χ1n) is 10.5. The summed E-state index contributed by atoms with van der Waals surface area (Å²) >= 11 is 0. The fourth-order valence-electron chi connectivity index (χ4n) is 3.22. The normalized spacial score (nSPS) is 12.3. The van der Waals surface area contributed by atoms with Crippen LogP contribution in [0.5, 0.6) is 23.0 Å². The van der Waals surface area contributed by atoms with Crippen molar-refractivity contribution in [1.82, 2.24) is 0 Å². The molecule has 2 aromatic rings. The second-order valence-electron chi connectivity index (χ2n) is 7.46. The number of aromatic hydroxyl groups is 4. The van der Waals surface area contributed by atoms with Gasteiger partial charge in [0.25, 0.3) is 0 Å². The first-order valence-corrected chi connectivity index (χ1v) is 10.5. The molecule has 0 aliphatic carbocycles. The Hall–Kier alpha value is -3.02. The third-order valence-corrected chi connectivity index (χ3v) is 5.00. The van der Waals surface area contributed by atoms with Crippen molar-refractivity contribution in [1.29, 1.82) is 0 Å². The molecule has 2 aromatic carbocycles. The van der Waals surface area contributed by atoms with Gasteiger partial charge in [0.15, 0.2) is 0 Å². The molecule has 0 heterocycles. The van der Waals surface area contributed by atoms with Gasteiger partial charge in [-0.15, -0.1) is 0 Å². The van der Waals surface area contributed by atoms with Crippen LogP contribution in [0.15, 0.2) is 46.4 Å². The molecule has 0 bridgehead atoms. The highest BCUT2D eigenvalue weighted by molar-refractivity contribution is 6.01. The predicted octanol–water partition coefficient (Wildman–Crippen LogP) is 5.17. The first kappa shape index (κ1) is 23.3. The van der Waals surface area contributed by atoms with Gasteiger partial charge in [-0.3, -0.25) is 9.98 Å². The third kappa shape index (κ3) is 7.43. The van der Waals surface area contributed by atoms with Crippen molar-refractivity contribution in [2.24, 2.45) is 9.98 Å². The number of phenolic OH excluding ortho intramolecular Hbond substituents is 4. The summed E-state index contributed by atoms with van der Waals surface area (Å²) in [6.07, 6.45) is 6.46. The quantitative estimate of drug-likeness (QED) is 0.232. The van der Waals surface area contributed by atoms with E-state index in [0.717, 1.165) is 49.9 Å². The number of benzene rings is 2. The van der Waals surface area contributed by atoms with Gasteiger partial charge in [-0.25, -0.2) is 0 Å². The van der Waals surface area contributed by atoms with Crippen molar-refractivity contribution in [3.05, 3.63) is 47.5 Å². The van der Waals surface area contributed by atoms with Crippen molar-refractivity contribution in [3.8, 4) is 23.0 Å². The van der Waals surface area contributed by atoms with E-state index in [-0.39, 0.29) is 23.0 Å². The van der Waals surface area contributed by atoms with Crippen LogP contribution in [0.2, 0.25) is 0 Å². The second kappa shape index (κ2) is 11.9. The fourth-order valence-corrected chi connectivity index (χ4v) is 3.22. The molecule has 0 saturated heterocycles. The highest BCUT2D eigenvalue weighted by Crippen LogP contribution is 2.23. The Labute approximate surface area is 178 Å². The number of nitrogens with zero attached hydrogens (tertiary/aromatic N) is 2. The molecule has 0 spiro atoms. The van der Waals surface area contributed by atoms with Crippen LogP contribution in [0.3, 0.4) is 0 Å². The van der Waals surface area contributed by atoms with Gasteiger partial charge in [-0.05, 0) is 63.1 Å². The molecule has 0 aliphatic rings. The maximum Gasteiger partial charge on any atom is 0.124 e. The maximum atomic E-state index is 9.85. The van der Waals surface area contributed by atoms with E-state index in [0.29, 0.717) is 24.2 Å². The summed E-state index contributed by atoms with van der Waals surface area (Å²) in [4.78, 5) is 8.99. The third-order valence-electron chi connectivity index (χ3n) is 5.00. The zero-order chi connectivity index (χ0) is 21.9. The van der Waals surface area contributed by atoms with E-state index in [1.54, 1.807) is 0 Å². The van der Waals surface area contributed by atoms with Crippen molar-refractivity contribution in [2.75, 3.05) is 13.1 Å². The van der Waals surface area contributed by atoms with E-state index in [1.807, 2.05) is 13.8 Å². The van der Waals surface area contributed by atoms with Gasteiger partial charge in [0.1, 0.15) is 23.0 Å². The summed E-state index contributed by atoms with van der Waals surface area (Å²) in [6, 6.07) is 8.91. The van der Waals surface area contributed by atoms with Crippen molar-refractivity contribution in [2.45, 2.75) is 52.4 Å². The highest BCUT2D eigenvalue weighted by atomic mass is 16.3. The molecule has 0 saturated carbocycles. The van der Waals surface area contributed by atoms with Crippen LogP contribution < -0.4 is 0 Å². The molecular weight excluding hydrogens is 380 g/mol. The number of unbranched alkanes of at least 4 members (excludes halogenated alkanes) is 5. The Balaban J connectivity index is 1.60. The Morgan fingerprint density at radius 2 is 0.967 bits per heavy atom. The lowest BCUT2D eigenvalue weighted by Crippen LogP contribution is -1.98. The summed E-state index contributed by atoms with van der Waals surface area (Å²) in [7, 11) is 0. The monoisotopic (exact) mass is 412 g/mol. The summed E-state index contributed by atoms with van der Waals surface area (Å²) in [5.74, 6) is 0.503. The molecule has 0 fully saturated rings. The van der Waals surface area contributed by atoms with E-state index >= 15 is 0 Å². The molecule has 6 heteroatoms. The average molecular weight is 413 g/mol. The lowest BCUT2D eigenvalue weighted by Gasteiger charge is -2.06. The van der Waals surface area contributed by atoms with Gasteiger partial charge in [0.05, 0.1) is 0 Å². The Bertz CT molecular complexity index is 817. The zero-order valence-corrected chi connectivity index (χ0v) is 17.8. The minimum absolute atomic E-state index is 0.121. The van der Waals surface area contributed by atoms with Crippen LogP contribution in [-0.2, 0) is 0 Å². The minimum atomic E-state index is 0.121. The number of phenols is 4. The molecule has 2 rings (SSSR count). The van der Waals surface area contributed by atoms with Crippen molar-refractivity contribution in [3.63, 3.8) is 0 Å². The van der Waals surface area contributed by atoms with Gasteiger partial charge in [0.2, 0.25) is 0 Å². The van der Waals surface area contributed by atoms with Gasteiger partial charge in [-0.2, -0.15) is 0 Å². The van der Waals surface area contributed by atoms with Gasteiger partial charge in [0, 0.05) is 35.6 Å². The molecule has 0 unspecified atom stereocenters. The van der Waals surface area contributed by atoms with E-state index < -0.39 is 0 Å². The Kier molecular flexibility index (Phi) is 9.19. The lowest BCUT2D eigenvalue weighted by atomic mass is 10.1. The second-order valence-corrected chi connectivity index (χ2v) is 7.46. The molecule has 30 heavy (non-hydrogen) atoms. The van der Waals surface area contributed by atoms with E-state index in [4.69, 9.17) is 0 Å². The maximum absolute atomic E-state index is 9.85. The minimum Gasteiger partial charge on any atom is -0.508 e. The first-order chi connectivity index (χ1) is 14.4. The van der Waals surface area contributed by atoms with Gasteiger partial charge >= 0.3 is 0 Å². The molecule has 0 atom stereocenters. The molecular formula is C24H32N2O4. The molecule has 0 aromatic heterocycles. The molecule has 0 aliphatic heterocycles. The zero-order valence-electron chi connectivity index (χ0n) is 17.8. The Morgan fingerprint density at radius 1 is 0.600 bits per heavy atom. The van der Waals surface area contributed by atoms with E-state index in [1.165, 1.54) is 36.4 Å². The molecule has 6 nitrogen and oxygen atoms in total. The van der Waals surface area contributed by atoms with Crippen LogP contribution >= 0.6 is 0 Å². The largest absolute Gasteiger partial charge is 0.508 e. The van der Waals surface area contributed by atoms with Crippen LogP contribution in [0.1, 0.15) is 63.5 Å². The summed E-state index contributed by atoms with van der Waals surface area (Å²) in [5.41, 5.74) is 2.61. The topological polar surface area (TPSA) is 106 Å². The number of aliphatic imine (C=N–C) groups is 2. The SMILES string of the molecule is CC(=NCCCCCCCCN=C(C)c1cc(O)ccc1O)c1cc(O)ccc1O. The van der Waals surface area contributed by atoms with Crippen LogP contribution in [-0.4, -0.2) is 44.9 Å². The van der Waals surface area contributed by atoms with Gasteiger partial charge in [-0.1, -0.05) is 25.7 Å². The smallest absolute Gasteiger partial charge is 0.124 e. The standard InChI is InChI=1S/C24H32N2O4/c1-17(21-15-19(27)9-11-23(21)29)25-13-7-5-3-4-6-8-14-26-18(2)22-16-20(28)10-12-24(22)30/h9-12,15-16,27-30H,3-8,13-14H2,1-2H3. The van der Waals surface area contributed by atoms with Gasteiger partial charge < -0.3 is 20.4 Å². The lowest BCUT2D eigenvalue weighted by molar-refractivity contribution is 0.459. The number of hydrogen-bond donors (Lipinski definition) is 4. The molecule has 0 amide bonds. The number of rotatable bonds is 11.